The molecule has 0 saturated heterocycles. The molecule has 250 valence electrons. The summed E-state index contributed by atoms with van der Waals surface area (Å²) in [7, 11) is 0. The number of rotatable bonds is 6. The third kappa shape index (κ3) is 5.45. The molecule has 53 heavy (non-hydrogen) atoms. The first kappa shape index (κ1) is 30.6. The minimum Gasteiger partial charge on any atom is -0.344 e. The summed E-state index contributed by atoms with van der Waals surface area (Å²) in [5.41, 5.74) is 10.4. The second kappa shape index (κ2) is 12.9. The lowest BCUT2D eigenvalue weighted by molar-refractivity contribution is 0.674. The maximum Gasteiger partial charge on any atom is 0.159 e. The van der Waals surface area contributed by atoms with Gasteiger partial charge < -0.3 is 5.32 Å². The number of fused-ring (bicyclic) bond motifs is 6. The first-order valence-electron chi connectivity index (χ1n) is 17.8. The molecular formula is C47H32N6. The van der Waals surface area contributed by atoms with Crippen molar-refractivity contribution in [1.82, 2.24) is 19.9 Å². The molecule has 7 aromatic carbocycles. The Balaban J connectivity index is 1.02. The van der Waals surface area contributed by atoms with Crippen molar-refractivity contribution in [1.29, 1.82) is 0 Å². The lowest BCUT2D eigenvalue weighted by Crippen LogP contribution is -2.33. The fourth-order valence-corrected chi connectivity index (χ4v) is 7.34. The molecule has 1 unspecified atom stereocenters. The molecule has 1 aliphatic heterocycles. The van der Waals surface area contributed by atoms with Crippen LogP contribution in [0.2, 0.25) is 0 Å². The summed E-state index contributed by atoms with van der Waals surface area (Å²) in [6.07, 6.45) is 1.62. The van der Waals surface area contributed by atoms with E-state index in [1.807, 2.05) is 54.7 Å². The molecule has 2 aromatic heterocycles. The van der Waals surface area contributed by atoms with Gasteiger partial charge in [0.15, 0.2) is 5.84 Å². The number of aliphatic imine (C=N–C) groups is 2. The molecule has 1 N–H and O–H groups in total. The molecule has 1 aliphatic rings. The van der Waals surface area contributed by atoms with E-state index in [0.29, 0.717) is 5.84 Å². The Morgan fingerprint density at radius 1 is 0.472 bits per heavy atom. The number of amidine groups is 2. The topological polar surface area (TPSA) is 67.5 Å². The van der Waals surface area contributed by atoms with E-state index < -0.39 is 0 Å². The number of hydrogen-bond donors (Lipinski definition) is 1. The van der Waals surface area contributed by atoms with Gasteiger partial charge in [-0.05, 0) is 41.0 Å². The van der Waals surface area contributed by atoms with Gasteiger partial charge in [0.05, 0.1) is 16.6 Å². The number of nitrogens with one attached hydrogen (secondary N) is 1. The largest absolute Gasteiger partial charge is 0.344 e. The van der Waals surface area contributed by atoms with Crippen LogP contribution in [0.3, 0.4) is 0 Å². The maximum atomic E-state index is 5.35. The monoisotopic (exact) mass is 680 g/mol. The van der Waals surface area contributed by atoms with Gasteiger partial charge in [-0.25, -0.2) is 15.0 Å². The minimum atomic E-state index is -0.238. The molecule has 0 radical (unpaired) electrons. The predicted molar refractivity (Wildman–Crippen MR) is 217 cm³/mol. The van der Waals surface area contributed by atoms with Crippen LogP contribution >= 0.6 is 0 Å². The van der Waals surface area contributed by atoms with Crippen LogP contribution in [0.1, 0.15) is 22.9 Å². The molecule has 6 nitrogen and oxygen atoms in total. The molecule has 0 amide bonds. The van der Waals surface area contributed by atoms with Gasteiger partial charge in [-0.1, -0.05) is 152 Å². The van der Waals surface area contributed by atoms with Crippen LogP contribution in [-0.2, 0) is 0 Å². The van der Waals surface area contributed by atoms with Crippen LogP contribution < -0.4 is 5.32 Å². The molecule has 0 aliphatic carbocycles. The van der Waals surface area contributed by atoms with Crippen molar-refractivity contribution in [2.45, 2.75) is 6.17 Å². The number of aromatic nitrogens is 3. The summed E-state index contributed by atoms with van der Waals surface area (Å²) < 4.78 is 2.29. The number of benzene rings is 7. The van der Waals surface area contributed by atoms with Gasteiger partial charge in [-0.3, -0.25) is 9.55 Å². The number of imidazole rings is 1. The average molecular weight is 681 g/mol. The van der Waals surface area contributed by atoms with Crippen LogP contribution in [0, 0.1) is 0 Å². The van der Waals surface area contributed by atoms with Gasteiger partial charge in [0.1, 0.15) is 17.8 Å². The Hall–Kier alpha value is -7.18. The zero-order valence-corrected chi connectivity index (χ0v) is 28.6. The molecule has 0 saturated carbocycles. The van der Waals surface area contributed by atoms with Gasteiger partial charge >= 0.3 is 0 Å². The molecule has 0 spiro atoms. The smallest absolute Gasteiger partial charge is 0.159 e. The normalized spacial score (nSPS) is 14.2. The van der Waals surface area contributed by atoms with E-state index in [1.54, 1.807) is 0 Å². The highest BCUT2D eigenvalue weighted by Gasteiger charge is 2.22. The van der Waals surface area contributed by atoms with Gasteiger partial charge in [0.2, 0.25) is 0 Å². The van der Waals surface area contributed by atoms with E-state index in [9.17, 15) is 0 Å². The Morgan fingerprint density at radius 3 is 1.77 bits per heavy atom. The SMILES string of the molecule is c1ccc(C2=NC(c3ccccc3)NC(c3ccc(-c4ccc(-c5nc6c7cccnc7c7ccccc7c6n5-c5ccccc5)cc4)cc3)=N2)cc1. The number of pyridine rings is 1. The van der Waals surface area contributed by atoms with E-state index in [-0.39, 0.29) is 6.17 Å². The summed E-state index contributed by atoms with van der Waals surface area (Å²) in [5, 5.41) is 6.86. The van der Waals surface area contributed by atoms with Crippen molar-refractivity contribution in [2.75, 3.05) is 0 Å². The zero-order chi connectivity index (χ0) is 35.1. The summed E-state index contributed by atoms with van der Waals surface area (Å²) >= 11 is 0. The second-order valence-corrected chi connectivity index (χ2v) is 13.1. The highest BCUT2D eigenvalue weighted by molar-refractivity contribution is 6.23. The Bertz CT molecular complexity index is 2820. The highest BCUT2D eigenvalue weighted by Crippen LogP contribution is 2.38. The van der Waals surface area contributed by atoms with Crippen molar-refractivity contribution < 1.29 is 0 Å². The highest BCUT2D eigenvalue weighted by atomic mass is 15.2. The second-order valence-electron chi connectivity index (χ2n) is 13.1. The molecule has 0 fully saturated rings. The molecule has 3 heterocycles. The summed E-state index contributed by atoms with van der Waals surface area (Å²) in [6.45, 7) is 0. The van der Waals surface area contributed by atoms with Crippen LogP contribution in [0.4, 0.5) is 0 Å². The van der Waals surface area contributed by atoms with Crippen molar-refractivity contribution in [3.8, 4) is 28.2 Å². The predicted octanol–water partition coefficient (Wildman–Crippen LogP) is 10.6. The lowest BCUT2D eigenvalue weighted by Gasteiger charge is -2.23. The van der Waals surface area contributed by atoms with Gasteiger partial charge in [-0.15, -0.1) is 0 Å². The van der Waals surface area contributed by atoms with Crippen LogP contribution in [0.25, 0.3) is 60.9 Å². The molecular weight excluding hydrogens is 649 g/mol. The van der Waals surface area contributed by atoms with E-state index in [2.05, 4.69) is 137 Å². The Kier molecular flexibility index (Phi) is 7.43. The molecule has 1 atom stereocenters. The standard InChI is InChI=1S/C47H32N6/c1-4-13-33(14-5-1)44-50-45(34-15-6-2-7-16-34)52-46(51-44)35-26-22-31(23-27-35)32-24-28-36(29-25-32)47-49-42-40-21-12-30-48-41(40)38-19-10-11-20-39(38)43(42)53(47)37-17-8-3-9-18-37/h1-30,44H,(H,50,51,52). The number of hydrogen-bond acceptors (Lipinski definition) is 5. The summed E-state index contributed by atoms with van der Waals surface area (Å²) in [6, 6.07) is 60.8. The third-order valence-electron chi connectivity index (χ3n) is 9.92. The lowest BCUT2D eigenvalue weighted by atomic mass is 10.0. The summed E-state index contributed by atoms with van der Waals surface area (Å²) in [5.74, 6) is 2.40. The first-order chi connectivity index (χ1) is 26.3. The van der Waals surface area contributed by atoms with Gasteiger partial charge in [0.25, 0.3) is 0 Å². The van der Waals surface area contributed by atoms with Crippen LogP contribution in [-0.4, -0.2) is 26.2 Å². The molecule has 6 heteroatoms. The zero-order valence-electron chi connectivity index (χ0n) is 28.6. The number of nitrogens with zero attached hydrogens (tertiary/aromatic N) is 5. The molecule has 0 bridgehead atoms. The third-order valence-corrected chi connectivity index (χ3v) is 9.92. The maximum absolute atomic E-state index is 5.35. The fraction of sp³-hybridized carbons (Fsp3) is 0.0213. The van der Waals surface area contributed by atoms with Crippen molar-refractivity contribution in [3.05, 3.63) is 199 Å². The van der Waals surface area contributed by atoms with Gasteiger partial charge in [0, 0.05) is 44.7 Å². The van der Waals surface area contributed by atoms with Crippen molar-refractivity contribution in [3.63, 3.8) is 0 Å². The fourth-order valence-electron chi connectivity index (χ4n) is 7.34. The quantitative estimate of drug-likeness (QED) is 0.178. The van der Waals surface area contributed by atoms with E-state index in [4.69, 9.17) is 20.0 Å². The van der Waals surface area contributed by atoms with Crippen molar-refractivity contribution >= 4 is 44.4 Å². The van der Waals surface area contributed by atoms with Crippen LogP contribution in [0.5, 0.6) is 0 Å². The molecule has 10 rings (SSSR count). The summed E-state index contributed by atoms with van der Waals surface area (Å²) in [4.78, 5) is 20.1. The Morgan fingerprint density at radius 2 is 1.06 bits per heavy atom. The number of para-hydroxylation sites is 1. The molecule has 9 aromatic rings. The van der Waals surface area contributed by atoms with Crippen LogP contribution in [0.15, 0.2) is 192 Å². The first-order valence-corrected chi connectivity index (χ1v) is 17.8. The van der Waals surface area contributed by atoms with E-state index >= 15 is 0 Å². The van der Waals surface area contributed by atoms with Gasteiger partial charge in [-0.2, -0.15) is 0 Å². The Labute approximate surface area is 306 Å². The average Bonchev–Trinajstić information content (AvgIpc) is 3.66. The van der Waals surface area contributed by atoms with E-state index in [1.165, 1.54) is 0 Å². The van der Waals surface area contributed by atoms with Crippen molar-refractivity contribution in [2.24, 2.45) is 9.98 Å². The van der Waals surface area contributed by atoms with E-state index in [0.717, 1.165) is 83.4 Å². The minimum absolute atomic E-state index is 0.238.